The van der Waals surface area contributed by atoms with Crippen molar-refractivity contribution < 1.29 is 5.11 Å². The fraction of sp³-hybridized carbons (Fsp3) is 0.312. The molecule has 0 aliphatic rings. The quantitative estimate of drug-likeness (QED) is 0.758. The number of phenolic OH excluding ortho intramolecular Hbond substituents is 1. The molecule has 2 heterocycles. The molecule has 0 unspecified atom stereocenters. The Labute approximate surface area is 128 Å². The number of fused-ring (bicyclic) bond motifs is 1. The van der Waals surface area contributed by atoms with Crippen molar-refractivity contribution in [3.05, 3.63) is 41.9 Å². The van der Waals surface area contributed by atoms with Gasteiger partial charge in [-0.2, -0.15) is 5.10 Å². The maximum atomic E-state index is 9.98. The molecular formula is C16H19N5O. The average molecular weight is 297 g/mol. The molecule has 2 aromatic heterocycles. The minimum atomic E-state index is -0.226. The molecule has 0 bridgehead atoms. The number of rotatable bonds is 2. The van der Waals surface area contributed by atoms with E-state index in [0.29, 0.717) is 17.9 Å². The fourth-order valence-electron chi connectivity index (χ4n) is 2.48. The van der Waals surface area contributed by atoms with Crippen LogP contribution in [-0.2, 0) is 12.0 Å². The van der Waals surface area contributed by atoms with Crippen LogP contribution in [-0.4, -0.2) is 24.9 Å². The van der Waals surface area contributed by atoms with Crippen LogP contribution >= 0.6 is 0 Å². The summed E-state index contributed by atoms with van der Waals surface area (Å²) in [6, 6.07) is 7.22. The molecule has 0 aliphatic carbocycles. The maximum Gasteiger partial charge on any atom is 0.164 e. The van der Waals surface area contributed by atoms with Crippen LogP contribution in [0.2, 0.25) is 0 Å². The molecule has 114 valence electrons. The average Bonchev–Trinajstić information content (AvgIpc) is 2.82. The van der Waals surface area contributed by atoms with Gasteiger partial charge in [0, 0.05) is 6.42 Å². The predicted molar refractivity (Wildman–Crippen MR) is 85.6 cm³/mol. The van der Waals surface area contributed by atoms with E-state index < -0.39 is 0 Å². The van der Waals surface area contributed by atoms with E-state index in [1.54, 1.807) is 12.1 Å². The van der Waals surface area contributed by atoms with Gasteiger partial charge in [-0.1, -0.05) is 18.2 Å². The van der Waals surface area contributed by atoms with Gasteiger partial charge in [0.2, 0.25) is 0 Å². The summed E-state index contributed by atoms with van der Waals surface area (Å²) >= 11 is 0. The highest BCUT2D eigenvalue weighted by Gasteiger charge is 2.23. The summed E-state index contributed by atoms with van der Waals surface area (Å²) < 4.78 is 1.86. The van der Waals surface area contributed by atoms with Gasteiger partial charge < -0.3 is 10.8 Å². The SMILES string of the molecule is CC(C)(C)n1nc(Cc2ccccc2O)c2c(N)ncnc21. The molecule has 1 aromatic carbocycles. The van der Waals surface area contributed by atoms with E-state index in [0.717, 1.165) is 16.6 Å². The van der Waals surface area contributed by atoms with E-state index in [4.69, 9.17) is 5.73 Å². The number of phenols is 1. The molecule has 0 radical (unpaired) electrons. The number of nitrogen functional groups attached to an aromatic ring is 1. The summed E-state index contributed by atoms with van der Waals surface area (Å²) in [4.78, 5) is 8.42. The zero-order chi connectivity index (χ0) is 15.9. The Morgan fingerprint density at radius 1 is 1.18 bits per heavy atom. The highest BCUT2D eigenvalue weighted by molar-refractivity contribution is 5.88. The van der Waals surface area contributed by atoms with Crippen LogP contribution in [0.15, 0.2) is 30.6 Å². The normalized spacial score (nSPS) is 12.0. The molecule has 0 spiro atoms. The highest BCUT2D eigenvalue weighted by atomic mass is 16.3. The molecule has 22 heavy (non-hydrogen) atoms. The standard InChI is InChI=1S/C16H19N5O/c1-16(2,3)21-15-13(14(17)18-9-19-15)11(20-21)8-10-6-4-5-7-12(10)22/h4-7,9,22H,8H2,1-3H3,(H2,17,18,19). The van der Waals surface area contributed by atoms with Crippen LogP contribution < -0.4 is 5.73 Å². The Morgan fingerprint density at radius 3 is 2.59 bits per heavy atom. The second kappa shape index (κ2) is 4.98. The first-order valence-electron chi connectivity index (χ1n) is 7.13. The number of aromatic nitrogens is 4. The molecule has 0 aliphatic heterocycles. The van der Waals surface area contributed by atoms with Gasteiger partial charge in [-0.05, 0) is 32.4 Å². The monoisotopic (exact) mass is 297 g/mol. The number of benzene rings is 1. The number of hydrogen-bond acceptors (Lipinski definition) is 5. The number of hydrogen-bond donors (Lipinski definition) is 2. The third kappa shape index (κ3) is 2.36. The largest absolute Gasteiger partial charge is 0.508 e. The van der Waals surface area contributed by atoms with Crippen molar-refractivity contribution in [3.63, 3.8) is 0 Å². The Balaban J connectivity index is 2.20. The molecular weight excluding hydrogens is 278 g/mol. The van der Waals surface area contributed by atoms with Crippen molar-refractivity contribution in [1.82, 2.24) is 19.7 Å². The van der Waals surface area contributed by atoms with Crippen molar-refractivity contribution in [2.45, 2.75) is 32.7 Å². The molecule has 6 nitrogen and oxygen atoms in total. The lowest BCUT2D eigenvalue weighted by Gasteiger charge is -2.19. The molecule has 0 saturated heterocycles. The van der Waals surface area contributed by atoms with Crippen molar-refractivity contribution in [2.75, 3.05) is 5.73 Å². The fourth-order valence-corrected chi connectivity index (χ4v) is 2.48. The Kier molecular flexibility index (Phi) is 3.24. The highest BCUT2D eigenvalue weighted by Crippen LogP contribution is 2.29. The maximum absolute atomic E-state index is 9.98. The number of nitrogens with two attached hydrogens (primary N) is 1. The molecule has 0 atom stereocenters. The van der Waals surface area contributed by atoms with Gasteiger partial charge in [0.05, 0.1) is 16.6 Å². The van der Waals surface area contributed by atoms with Gasteiger partial charge in [-0.25, -0.2) is 14.6 Å². The summed E-state index contributed by atoms with van der Waals surface area (Å²) in [5.41, 5.74) is 8.09. The van der Waals surface area contributed by atoms with Crippen molar-refractivity contribution in [1.29, 1.82) is 0 Å². The van der Waals surface area contributed by atoms with E-state index in [1.807, 2.05) is 16.8 Å². The Hall–Kier alpha value is -2.63. The molecule has 3 rings (SSSR count). The van der Waals surface area contributed by atoms with Crippen LogP contribution in [0, 0.1) is 0 Å². The van der Waals surface area contributed by atoms with Gasteiger partial charge in [0.25, 0.3) is 0 Å². The first-order chi connectivity index (χ1) is 10.4. The van der Waals surface area contributed by atoms with Crippen LogP contribution in [0.1, 0.15) is 32.0 Å². The molecule has 0 fully saturated rings. The second-order valence-electron chi connectivity index (χ2n) is 6.29. The van der Waals surface area contributed by atoms with Gasteiger partial charge in [-0.15, -0.1) is 0 Å². The summed E-state index contributed by atoms with van der Waals surface area (Å²) in [7, 11) is 0. The zero-order valence-corrected chi connectivity index (χ0v) is 12.9. The van der Waals surface area contributed by atoms with Crippen LogP contribution in [0.3, 0.4) is 0 Å². The van der Waals surface area contributed by atoms with Gasteiger partial charge >= 0.3 is 0 Å². The number of nitrogens with zero attached hydrogens (tertiary/aromatic N) is 4. The van der Waals surface area contributed by atoms with Gasteiger partial charge in [-0.3, -0.25) is 0 Å². The van der Waals surface area contributed by atoms with Crippen molar-refractivity contribution in [3.8, 4) is 5.75 Å². The lowest BCUT2D eigenvalue weighted by Crippen LogP contribution is -2.23. The van der Waals surface area contributed by atoms with Crippen LogP contribution in [0.4, 0.5) is 5.82 Å². The summed E-state index contributed by atoms with van der Waals surface area (Å²) in [6.07, 6.45) is 1.93. The minimum absolute atomic E-state index is 0.226. The topological polar surface area (TPSA) is 89.8 Å². The van der Waals surface area contributed by atoms with E-state index >= 15 is 0 Å². The molecule has 6 heteroatoms. The minimum Gasteiger partial charge on any atom is -0.508 e. The first-order valence-corrected chi connectivity index (χ1v) is 7.13. The van der Waals surface area contributed by atoms with Gasteiger partial charge in [0.1, 0.15) is 17.9 Å². The molecule has 3 N–H and O–H groups in total. The first kappa shape index (κ1) is 14.3. The number of aromatic hydroxyl groups is 1. The smallest absolute Gasteiger partial charge is 0.164 e. The second-order valence-corrected chi connectivity index (χ2v) is 6.29. The predicted octanol–water partition coefficient (Wildman–Crippen LogP) is 2.46. The summed E-state index contributed by atoms with van der Waals surface area (Å²) in [5, 5.41) is 15.4. The molecule has 0 saturated carbocycles. The van der Waals surface area contributed by atoms with Crippen molar-refractivity contribution in [2.24, 2.45) is 0 Å². The lowest BCUT2D eigenvalue weighted by atomic mass is 10.1. The zero-order valence-electron chi connectivity index (χ0n) is 12.9. The number of anilines is 1. The van der Waals surface area contributed by atoms with Crippen molar-refractivity contribution >= 4 is 16.9 Å². The summed E-state index contributed by atoms with van der Waals surface area (Å²) in [5.74, 6) is 0.655. The third-order valence-electron chi connectivity index (χ3n) is 3.55. The van der Waals surface area contributed by atoms with E-state index in [9.17, 15) is 5.11 Å². The van der Waals surface area contributed by atoms with E-state index in [-0.39, 0.29) is 11.3 Å². The lowest BCUT2D eigenvalue weighted by molar-refractivity contribution is 0.363. The van der Waals surface area contributed by atoms with E-state index in [1.165, 1.54) is 6.33 Å². The third-order valence-corrected chi connectivity index (χ3v) is 3.55. The molecule has 0 amide bonds. The Morgan fingerprint density at radius 2 is 1.91 bits per heavy atom. The Bertz CT molecular complexity index is 832. The number of para-hydroxylation sites is 1. The molecule has 3 aromatic rings. The van der Waals surface area contributed by atoms with Crippen LogP contribution in [0.25, 0.3) is 11.0 Å². The van der Waals surface area contributed by atoms with Gasteiger partial charge in [0.15, 0.2) is 5.65 Å². The summed E-state index contributed by atoms with van der Waals surface area (Å²) in [6.45, 7) is 6.17. The van der Waals surface area contributed by atoms with Crippen LogP contribution in [0.5, 0.6) is 5.75 Å². The van der Waals surface area contributed by atoms with E-state index in [2.05, 4.69) is 35.8 Å².